The van der Waals surface area contributed by atoms with Crippen LogP contribution in [0, 0.1) is 0 Å². The first-order valence-electron chi connectivity index (χ1n) is 5.03. The number of thioether (sulfide) groups is 1. The van der Waals surface area contributed by atoms with E-state index in [9.17, 15) is 0 Å². The van der Waals surface area contributed by atoms with Gasteiger partial charge in [-0.25, -0.2) is 0 Å². The van der Waals surface area contributed by atoms with Crippen LogP contribution in [0.3, 0.4) is 0 Å². The standard InChI is InChI=1S/C10H19N3S/c1-4-13-6-9(5-12-13)10(11)7-14-8(2)3/h5-6,8,10H,4,7,11H2,1-3H3. The molecule has 0 fully saturated rings. The molecule has 14 heavy (non-hydrogen) atoms. The summed E-state index contributed by atoms with van der Waals surface area (Å²) in [5.41, 5.74) is 7.18. The van der Waals surface area contributed by atoms with E-state index in [1.54, 1.807) is 0 Å². The van der Waals surface area contributed by atoms with Gasteiger partial charge in [0.1, 0.15) is 0 Å². The first-order chi connectivity index (χ1) is 6.63. The van der Waals surface area contributed by atoms with Crippen LogP contribution >= 0.6 is 11.8 Å². The van der Waals surface area contributed by atoms with Gasteiger partial charge in [0, 0.05) is 30.1 Å². The van der Waals surface area contributed by atoms with Crippen LogP contribution in [0.15, 0.2) is 12.4 Å². The number of hydrogen-bond acceptors (Lipinski definition) is 3. The fourth-order valence-electron chi connectivity index (χ4n) is 1.14. The van der Waals surface area contributed by atoms with Crippen molar-refractivity contribution in [1.82, 2.24) is 9.78 Å². The molecule has 1 aromatic rings. The van der Waals surface area contributed by atoms with Gasteiger partial charge in [0.15, 0.2) is 0 Å². The molecule has 0 spiro atoms. The Kier molecular flexibility index (Phi) is 4.48. The molecule has 1 rings (SSSR count). The second-order valence-corrected chi connectivity index (χ2v) is 5.23. The summed E-state index contributed by atoms with van der Waals surface area (Å²) in [5, 5.41) is 4.85. The van der Waals surface area contributed by atoms with Crippen LogP contribution in [0.5, 0.6) is 0 Å². The number of rotatable bonds is 5. The van der Waals surface area contributed by atoms with Crippen LogP contribution in [0.25, 0.3) is 0 Å². The molecule has 1 unspecified atom stereocenters. The van der Waals surface area contributed by atoms with E-state index >= 15 is 0 Å². The predicted octanol–water partition coefficient (Wildman–Crippen LogP) is 2.04. The fourth-order valence-corrected chi connectivity index (χ4v) is 1.92. The third-order valence-electron chi connectivity index (χ3n) is 2.01. The van der Waals surface area contributed by atoms with Crippen LogP contribution in [0.1, 0.15) is 32.4 Å². The number of nitrogens with zero attached hydrogens (tertiary/aromatic N) is 2. The Hall–Kier alpha value is -0.480. The molecular formula is C10H19N3S. The van der Waals surface area contributed by atoms with E-state index < -0.39 is 0 Å². The first kappa shape index (κ1) is 11.6. The minimum atomic E-state index is 0.114. The SMILES string of the molecule is CCn1cc(C(N)CSC(C)C)cn1. The smallest absolute Gasteiger partial charge is 0.0537 e. The number of aromatic nitrogens is 2. The molecule has 0 radical (unpaired) electrons. The van der Waals surface area contributed by atoms with Crippen molar-refractivity contribution in [3.63, 3.8) is 0 Å². The fraction of sp³-hybridized carbons (Fsp3) is 0.700. The molecule has 0 aliphatic rings. The molecule has 0 aliphatic carbocycles. The van der Waals surface area contributed by atoms with E-state index in [0.717, 1.165) is 17.9 Å². The van der Waals surface area contributed by atoms with Crippen LogP contribution < -0.4 is 5.73 Å². The summed E-state index contributed by atoms with van der Waals surface area (Å²) in [4.78, 5) is 0. The minimum absolute atomic E-state index is 0.114. The van der Waals surface area contributed by atoms with Gasteiger partial charge in [0.25, 0.3) is 0 Å². The van der Waals surface area contributed by atoms with Crippen LogP contribution in [-0.2, 0) is 6.54 Å². The second-order valence-electron chi connectivity index (χ2n) is 3.62. The van der Waals surface area contributed by atoms with E-state index in [-0.39, 0.29) is 6.04 Å². The lowest BCUT2D eigenvalue weighted by molar-refractivity contribution is 0.658. The zero-order valence-electron chi connectivity index (χ0n) is 9.10. The lowest BCUT2D eigenvalue weighted by Gasteiger charge is -2.10. The summed E-state index contributed by atoms with van der Waals surface area (Å²) in [6, 6.07) is 0.114. The molecule has 1 heterocycles. The molecule has 1 atom stereocenters. The second kappa shape index (κ2) is 5.41. The Morgan fingerprint density at radius 1 is 1.57 bits per heavy atom. The molecule has 3 nitrogen and oxygen atoms in total. The third kappa shape index (κ3) is 3.35. The van der Waals surface area contributed by atoms with Gasteiger partial charge in [-0.2, -0.15) is 16.9 Å². The molecule has 1 aromatic heterocycles. The number of nitrogens with two attached hydrogens (primary N) is 1. The summed E-state index contributed by atoms with van der Waals surface area (Å²) < 4.78 is 1.91. The molecule has 80 valence electrons. The molecule has 0 aromatic carbocycles. The Morgan fingerprint density at radius 2 is 2.29 bits per heavy atom. The van der Waals surface area contributed by atoms with Crippen molar-refractivity contribution in [1.29, 1.82) is 0 Å². The predicted molar refractivity (Wildman–Crippen MR) is 62.4 cm³/mol. The lowest BCUT2D eigenvalue weighted by Crippen LogP contribution is -2.13. The maximum absolute atomic E-state index is 6.04. The monoisotopic (exact) mass is 213 g/mol. The Morgan fingerprint density at radius 3 is 2.79 bits per heavy atom. The molecular weight excluding hydrogens is 194 g/mol. The summed E-state index contributed by atoms with van der Waals surface area (Å²) in [6.07, 6.45) is 3.90. The first-order valence-corrected chi connectivity index (χ1v) is 6.08. The van der Waals surface area contributed by atoms with Crippen molar-refractivity contribution in [2.75, 3.05) is 5.75 Å². The summed E-state index contributed by atoms with van der Waals surface area (Å²) >= 11 is 1.89. The van der Waals surface area contributed by atoms with Crippen LogP contribution in [0.4, 0.5) is 0 Å². The van der Waals surface area contributed by atoms with Gasteiger partial charge in [0.2, 0.25) is 0 Å². The zero-order valence-corrected chi connectivity index (χ0v) is 9.92. The normalized spacial score (nSPS) is 13.5. The van der Waals surface area contributed by atoms with Crippen molar-refractivity contribution < 1.29 is 0 Å². The minimum Gasteiger partial charge on any atom is -0.323 e. The molecule has 2 N–H and O–H groups in total. The Bertz CT molecular complexity index is 270. The van der Waals surface area contributed by atoms with E-state index in [1.165, 1.54) is 0 Å². The number of aryl methyl sites for hydroxylation is 1. The molecule has 0 amide bonds. The summed E-state index contributed by atoms with van der Waals surface area (Å²) in [7, 11) is 0. The quantitative estimate of drug-likeness (QED) is 0.814. The van der Waals surface area contributed by atoms with E-state index in [4.69, 9.17) is 5.73 Å². The largest absolute Gasteiger partial charge is 0.323 e. The highest BCUT2D eigenvalue weighted by Gasteiger charge is 2.09. The summed E-state index contributed by atoms with van der Waals surface area (Å²) in [6.45, 7) is 7.36. The van der Waals surface area contributed by atoms with Crippen molar-refractivity contribution in [2.45, 2.75) is 38.6 Å². The molecule has 0 bridgehead atoms. The van der Waals surface area contributed by atoms with E-state index in [1.807, 2.05) is 28.8 Å². The molecule has 0 aliphatic heterocycles. The maximum atomic E-state index is 6.04. The van der Waals surface area contributed by atoms with Gasteiger partial charge >= 0.3 is 0 Å². The van der Waals surface area contributed by atoms with Gasteiger partial charge < -0.3 is 5.73 Å². The number of hydrogen-bond donors (Lipinski definition) is 1. The van der Waals surface area contributed by atoms with Crippen molar-refractivity contribution in [3.05, 3.63) is 18.0 Å². The third-order valence-corrected chi connectivity index (χ3v) is 3.23. The Balaban J connectivity index is 2.47. The van der Waals surface area contributed by atoms with Crippen molar-refractivity contribution >= 4 is 11.8 Å². The van der Waals surface area contributed by atoms with Gasteiger partial charge in [-0.05, 0) is 12.2 Å². The topological polar surface area (TPSA) is 43.8 Å². The van der Waals surface area contributed by atoms with Gasteiger partial charge in [-0.15, -0.1) is 0 Å². The lowest BCUT2D eigenvalue weighted by atomic mass is 10.2. The average molecular weight is 213 g/mol. The van der Waals surface area contributed by atoms with E-state index in [0.29, 0.717) is 5.25 Å². The summed E-state index contributed by atoms with van der Waals surface area (Å²) in [5.74, 6) is 0.965. The highest BCUT2D eigenvalue weighted by atomic mass is 32.2. The van der Waals surface area contributed by atoms with Crippen LogP contribution in [0.2, 0.25) is 0 Å². The van der Waals surface area contributed by atoms with E-state index in [2.05, 4.69) is 25.9 Å². The Labute approximate surface area is 90.1 Å². The van der Waals surface area contributed by atoms with Gasteiger partial charge in [0.05, 0.1) is 6.20 Å². The van der Waals surface area contributed by atoms with Gasteiger partial charge in [-0.1, -0.05) is 13.8 Å². The maximum Gasteiger partial charge on any atom is 0.0537 e. The highest BCUT2D eigenvalue weighted by Crippen LogP contribution is 2.18. The molecule has 0 saturated heterocycles. The van der Waals surface area contributed by atoms with Crippen molar-refractivity contribution in [3.8, 4) is 0 Å². The van der Waals surface area contributed by atoms with Crippen LogP contribution in [-0.4, -0.2) is 20.8 Å². The van der Waals surface area contributed by atoms with Gasteiger partial charge in [-0.3, -0.25) is 4.68 Å². The van der Waals surface area contributed by atoms with Crippen molar-refractivity contribution in [2.24, 2.45) is 5.73 Å². The molecule has 0 saturated carbocycles. The highest BCUT2D eigenvalue weighted by molar-refractivity contribution is 7.99. The average Bonchev–Trinajstić information content (AvgIpc) is 2.62. The molecule has 4 heteroatoms. The zero-order chi connectivity index (χ0) is 10.6.